The van der Waals surface area contributed by atoms with Crippen molar-refractivity contribution in [1.29, 1.82) is 0 Å². The van der Waals surface area contributed by atoms with Gasteiger partial charge in [0.15, 0.2) is 0 Å². The molecule has 0 spiro atoms. The number of nitrogens with zero attached hydrogens (tertiary/aromatic N) is 1. The van der Waals surface area contributed by atoms with E-state index in [2.05, 4.69) is 15.9 Å². The Labute approximate surface area is 122 Å². The van der Waals surface area contributed by atoms with Crippen LogP contribution in [-0.2, 0) is 14.8 Å². The highest BCUT2D eigenvalue weighted by Gasteiger charge is 2.40. The van der Waals surface area contributed by atoms with Gasteiger partial charge in [0.05, 0.1) is 23.6 Å². The summed E-state index contributed by atoms with van der Waals surface area (Å²) in [6.07, 6.45) is 0. The van der Waals surface area contributed by atoms with Crippen LogP contribution >= 0.6 is 15.9 Å². The number of rotatable bonds is 2. The molecule has 6 heteroatoms. The lowest BCUT2D eigenvalue weighted by Gasteiger charge is -2.41. The zero-order valence-electron chi connectivity index (χ0n) is 11.3. The van der Waals surface area contributed by atoms with Gasteiger partial charge in [-0.15, -0.1) is 0 Å². The first-order valence-electron chi connectivity index (χ1n) is 6.12. The molecule has 0 N–H and O–H groups in total. The summed E-state index contributed by atoms with van der Waals surface area (Å²) in [6.45, 7) is 6.83. The van der Waals surface area contributed by atoms with Crippen LogP contribution < -0.4 is 0 Å². The molecule has 1 aliphatic heterocycles. The Hall–Kier alpha value is -0.430. The number of benzene rings is 1. The predicted molar refractivity (Wildman–Crippen MR) is 77.7 cm³/mol. The Kier molecular flexibility index (Phi) is 4.07. The summed E-state index contributed by atoms with van der Waals surface area (Å²) in [5, 5.41) is 0. The van der Waals surface area contributed by atoms with Crippen molar-refractivity contribution in [2.24, 2.45) is 0 Å². The summed E-state index contributed by atoms with van der Waals surface area (Å²) < 4.78 is 33.3. The maximum atomic E-state index is 12.8. The second kappa shape index (κ2) is 5.16. The summed E-state index contributed by atoms with van der Waals surface area (Å²) in [6, 6.07) is 5.32. The smallest absolute Gasteiger partial charge is 0.244 e. The minimum absolute atomic E-state index is 0.358. The molecule has 0 amide bonds. The molecule has 1 aromatic carbocycles. The van der Waals surface area contributed by atoms with Gasteiger partial charge in [-0.25, -0.2) is 8.42 Å². The van der Waals surface area contributed by atoms with Crippen molar-refractivity contribution in [3.05, 3.63) is 28.2 Å². The Balaban J connectivity index is 2.50. The van der Waals surface area contributed by atoms with E-state index in [0.29, 0.717) is 24.7 Å². The lowest BCUT2D eigenvalue weighted by molar-refractivity contribution is -0.00772. The number of ether oxygens (including phenoxy) is 1. The minimum Gasteiger partial charge on any atom is -0.378 e. The van der Waals surface area contributed by atoms with Crippen LogP contribution in [0.25, 0.3) is 0 Å². The number of halogens is 1. The molecule has 0 aromatic heterocycles. The Morgan fingerprint density at radius 2 is 2.05 bits per heavy atom. The molecule has 1 aromatic rings. The molecule has 19 heavy (non-hydrogen) atoms. The molecule has 0 unspecified atom stereocenters. The Morgan fingerprint density at radius 1 is 1.37 bits per heavy atom. The zero-order chi connectivity index (χ0) is 14.3. The molecule has 0 atom stereocenters. The van der Waals surface area contributed by atoms with Gasteiger partial charge in [-0.1, -0.05) is 22.0 Å². The lowest BCUT2D eigenvalue weighted by atomic mass is 10.1. The molecule has 0 bridgehead atoms. The fourth-order valence-electron chi connectivity index (χ4n) is 2.26. The number of morpholine rings is 1. The number of aryl methyl sites for hydroxylation is 1. The van der Waals surface area contributed by atoms with E-state index in [9.17, 15) is 8.42 Å². The van der Waals surface area contributed by atoms with Crippen LogP contribution in [0, 0.1) is 6.92 Å². The standard InChI is InChI=1S/C13H18BrNO3S/c1-10-4-5-11(14)8-12(10)19(16,17)15-6-7-18-9-13(15,2)3/h4-5,8H,6-7,9H2,1-3H3. The van der Waals surface area contributed by atoms with Crippen molar-refractivity contribution >= 4 is 26.0 Å². The average Bonchev–Trinajstić information content (AvgIpc) is 2.31. The van der Waals surface area contributed by atoms with Gasteiger partial charge in [0.1, 0.15) is 0 Å². The third-order valence-corrected chi connectivity index (χ3v) is 6.03. The Morgan fingerprint density at radius 3 is 2.68 bits per heavy atom. The maximum absolute atomic E-state index is 12.8. The van der Waals surface area contributed by atoms with E-state index < -0.39 is 15.6 Å². The van der Waals surface area contributed by atoms with Crippen LogP contribution in [0.5, 0.6) is 0 Å². The molecule has 1 heterocycles. The van der Waals surface area contributed by atoms with Crippen molar-refractivity contribution < 1.29 is 13.2 Å². The molecule has 0 saturated carbocycles. The van der Waals surface area contributed by atoms with Crippen molar-refractivity contribution in [2.75, 3.05) is 19.8 Å². The summed E-state index contributed by atoms with van der Waals surface area (Å²) >= 11 is 3.33. The topological polar surface area (TPSA) is 46.6 Å². The molecule has 1 saturated heterocycles. The average molecular weight is 348 g/mol. The third kappa shape index (κ3) is 2.86. The van der Waals surface area contributed by atoms with Gasteiger partial charge in [0.2, 0.25) is 10.0 Å². The van der Waals surface area contributed by atoms with Crippen molar-refractivity contribution in [3.8, 4) is 0 Å². The monoisotopic (exact) mass is 347 g/mol. The number of hydrogen-bond donors (Lipinski definition) is 0. The van der Waals surface area contributed by atoms with Gasteiger partial charge >= 0.3 is 0 Å². The SMILES string of the molecule is Cc1ccc(Br)cc1S(=O)(=O)N1CCOCC1(C)C. The summed E-state index contributed by atoms with van der Waals surface area (Å²) in [5.41, 5.74) is 0.233. The van der Waals surface area contributed by atoms with Gasteiger partial charge in [-0.3, -0.25) is 0 Å². The van der Waals surface area contributed by atoms with Gasteiger partial charge in [0, 0.05) is 11.0 Å². The van der Waals surface area contributed by atoms with Gasteiger partial charge < -0.3 is 4.74 Å². The molecule has 0 radical (unpaired) electrons. The highest BCUT2D eigenvalue weighted by atomic mass is 79.9. The second-order valence-corrected chi connectivity index (χ2v) is 8.10. The van der Waals surface area contributed by atoms with Crippen molar-refractivity contribution in [2.45, 2.75) is 31.2 Å². The first-order valence-corrected chi connectivity index (χ1v) is 8.35. The van der Waals surface area contributed by atoms with E-state index in [1.165, 1.54) is 4.31 Å². The van der Waals surface area contributed by atoms with Crippen molar-refractivity contribution in [3.63, 3.8) is 0 Å². The van der Waals surface area contributed by atoms with Gasteiger partial charge in [-0.2, -0.15) is 4.31 Å². The van der Waals surface area contributed by atoms with E-state index in [0.717, 1.165) is 10.0 Å². The predicted octanol–water partition coefficient (Wildman–Crippen LogP) is 2.56. The largest absolute Gasteiger partial charge is 0.378 e. The quantitative estimate of drug-likeness (QED) is 0.825. The van der Waals surface area contributed by atoms with E-state index in [-0.39, 0.29) is 0 Å². The lowest BCUT2D eigenvalue weighted by Crippen LogP contribution is -2.55. The number of hydrogen-bond acceptors (Lipinski definition) is 3. The molecule has 1 fully saturated rings. The van der Waals surface area contributed by atoms with Crippen LogP contribution in [0.4, 0.5) is 0 Å². The van der Waals surface area contributed by atoms with Crippen LogP contribution in [0.2, 0.25) is 0 Å². The highest BCUT2D eigenvalue weighted by molar-refractivity contribution is 9.10. The van der Waals surface area contributed by atoms with Crippen LogP contribution in [0.3, 0.4) is 0 Å². The highest BCUT2D eigenvalue weighted by Crippen LogP contribution is 2.30. The molecule has 1 aliphatic rings. The molecule has 106 valence electrons. The molecule has 2 rings (SSSR count). The third-order valence-electron chi connectivity index (χ3n) is 3.29. The summed E-state index contributed by atoms with van der Waals surface area (Å²) in [5.74, 6) is 0. The zero-order valence-corrected chi connectivity index (χ0v) is 13.7. The number of sulfonamides is 1. The fraction of sp³-hybridized carbons (Fsp3) is 0.538. The van der Waals surface area contributed by atoms with E-state index in [1.54, 1.807) is 6.07 Å². The van der Waals surface area contributed by atoms with E-state index in [1.807, 2.05) is 32.9 Å². The van der Waals surface area contributed by atoms with Crippen molar-refractivity contribution in [1.82, 2.24) is 4.31 Å². The molecular formula is C13H18BrNO3S. The van der Waals surface area contributed by atoms with Gasteiger partial charge in [-0.05, 0) is 38.5 Å². The first-order chi connectivity index (χ1) is 8.75. The van der Waals surface area contributed by atoms with Crippen LogP contribution in [0.15, 0.2) is 27.6 Å². The minimum atomic E-state index is -3.50. The normalized spacial score (nSPS) is 20.4. The first kappa shape index (κ1) is 15.0. The Bertz CT molecular complexity index is 584. The summed E-state index contributed by atoms with van der Waals surface area (Å²) in [7, 11) is -3.50. The van der Waals surface area contributed by atoms with Crippen LogP contribution in [-0.4, -0.2) is 38.0 Å². The van der Waals surface area contributed by atoms with Gasteiger partial charge in [0.25, 0.3) is 0 Å². The van der Waals surface area contributed by atoms with Crippen LogP contribution in [0.1, 0.15) is 19.4 Å². The maximum Gasteiger partial charge on any atom is 0.244 e. The second-order valence-electron chi connectivity index (χ2n) is 5.35. The molecular weight excluding hydrogens is 330 g/mol. The fourth-order valence-corrected chi connectivity index (χ4v) is 4.78. The summed E-state index contributed by atoms with van der Waals surface area (Å²) in [4.78, 5) is 0.358. The molecule has 0 aliphatic carbocycles. The molecule has 4 nitrogen and oxygen atoms in total. The van der Waals surface area contributed by atoms with E-state index in [4.69, 9.17) is 4.74 Å². The van der Waals surface area contributed by atoms with E-state index >= 15 is 0 Å².